The minimum Gasteiger partial charge on any atom is -0.341 e. The summed E-state index contributed by atoms with van der Waals surface area (Å²) < 4.78 is 2.12. The van der Waals surface area contributed by atoms with Crippen LogP contribution < -0.4 is 4.90 Å². The molecule has 27 heavy (non-hydrogen) atoms. The molecule has 0 aliphatic carbocycles. The molecule has 1 aliphatic heterocycles. The normalized spacial score (nSPS) is 14.2. The van der Waals surface area contributed by atoms with Crippen LogP contribution in [-0.4, -0.2) is 37.6 Å². The second-order valence-corrected chi connectivity index (χ2v) is 6.94. The summed E-state index contributed by atoms with van der Waals surface area (Å²) in [6.07, 6.45) is 9.79. The summed E-state index contributed by atoms with van der Waals surface area (Å²) in [4.78, 5) is 20.6. The van der Waals surface area contributed by atoms with E-state index in [-0.39, 0.29) is 0 Å². The summed E-state index contributed by atoms with van der Waals surface area (Å²) in [6.45, 7) is 4.16. The van der Waals surface area contributed by atoms with Crippen molar-refractivity contribution in [2.75, 3.05) is 18.0 Å². The third kappa shape index (κ3) is 2.83. The fourth-order valence-corrected chi connectivity index (χ4v) is 3.59. The Hall–Kier alpha value is -3.28. The number of fused-ring (bicyclic) bond motifs is 1. The smallest absolute Gasteiger partial charge is 0.225 e. The second-order valence-electron chi connectivity index (χ2n) is 6.94. The Bertz CT molecular complexity index is 1080. The largest absolute Gasteiger partial charge is 0.341 e. The number of rotatable bonds is 3. The monoisotopic (exact) mass is 356 g/mol. The summed E-state index contributed by atoms with van der Waals surface area (Å²) in [5, 5.41) is 0. The minimum atomic E-state index is 0.802. The maximum Gasteiger partial charge on any atom is 0.225 e. The highest BCUT2D eigenvalue weighted by Gasteiger charge is 2.18. The van der Waals surface area contributed by atoms with Crippen LogP contribution in [0.15, 0.2) is 55.1 Å². The highest BCUT2D eigenvalue weighted by Crippen LogP contribution is 2.28. The van der Waals surface area contributed by atoms with Gasteiger partial charge in [-0.3, -0.25) is 9.55 Å². The highest BCUT2D eigenvalue weighted by atomic mass is 15.3. The standard InChI is InChI=1S/C21H20N6/c1-15-4-6-17(7-5-15)27-19-14-22-9-8-18(19)25-20(27)16-12-23-21(24-13-16)26-10-2-3-11-26/h4-9,12-14H,2-3,10-11H2,1H3. The molecule has 0 bridgehead atoms. The van der Waals surface area contributed by atoms with E-state index in [2.05, 4.69) is 55.6 Å². The summed E-state index contributed by atoms with van der Waals surface area (Å²) in [7, 11) is 0. The number of nitrogens with zero attached hydrogens (tertiary/aromatic N) is 6. The van der Waals surface area contributed by atoms with E-state index in [1.807, 2.05) is 24.7 Å². The van der Waals surface area contributed by atoms with Crippen molar-refractivity contribution < 1.29 is 0 Å². The zero-order chi connectivity index (χ0) is 18.2. The topological polar surface area (TPSA) is 59.7 Å². The Labute approximate surface area is 157 Å². The number of hydrogen-bond donors (Lipinski definition) is 0. The molecule has 4 aromatic rings. The lowest BCUT2D eigenvalue weighted by molar-refractivity contribution is 0.897. The molecule has 5 rings (SSSR count). The van der Waals surface area contributed by atoms with Crippen LogP contribution in [0.5, 0.6) is 0 Å². The van der Waals surface area contributed by atoms with E-state index in [0.717, 1.165) is 47.1 Å². The molecule has 0 radical (unpaired) electrons. The average molecular weight is 356 g/mol. The first-order chi connectivity index (χ1) is 13.3. The Kier molecular flexibility index (Phi) is 3.81. The maximum absolute atomic E-state index is 4.84. The predicted molar refractivity (Wildman–Crippen MR) is 106 cm³/mol. The van der Waals surface area contributed by atoms with Gasteiger partial charge in [-0.05, 0) is 38.0 Å². The van der Waals surface area contributed by atoms with Crippen molar-refractivity contribution in [3.05, 3.63) is 60.7 Å². The zero-order valence-electron chi connectivity index (χ0n) is 15.2. The van der Waals surface area contributed by atoms with E-state index >= 15 is 0 Å². The molecule has 0 spiro atoms. The van der Waals surface area contributed by atoms with Crippen molar-refractivity contribution in [3.8, 4) is 17.1 Å². The van der Waals surface area contributed by atoms with Crippen LogP contribution in [0.2, 0.25) is 0 Å². The van der Waals surface area contributed by atoms with Crippen molar-refractivity contribution in [3.63, 3.8) is 0 Å². The molecule has 134 valence electrons. The fourth-order valence-electron chi connectivity index (χ4n) is 3.59. The van der Waals surface area contributed by atoms with Gasteiger partial charge in [0.15, 0.2) is 0 Å². The third-order valence-electron chi connectivity index (χ3n) is 5.03. The average Bonchev–Trinajstić information content (AvgIpc) is 3.37. The number of anilines is 1. The molecular weight excluding hydrogens is 336 g/mol. The molecule has 4 heterocycles. The summed E-state index contributed by atoms with van der Waals surface area (Å²) in [6, 6.07) is 10.4. The second kappa shape index (κ2) is 6.46. The number of aryl methyl sites for hydroxylation is 1. The predicted octanol–water partition coefficient (Wildman–Crippen LogP) is 3.79. The van der Waals surface area contributed by atoms with Gasteiger partial charge in [0.2, 0.25) is 5.95 Å². The lowest BCUT2D eigenvalue weighted by atomic mass is 10.2. The van der Waals surface area contributed by atoms with Crippen LogP contribution in [0.4, 0.5) is 5.95 Å². The quantitative estimate of drug-likeness (QED) is 0.559. The van der Waals surface area contributed by atoms with Crippen LogP contribution in [0.1, 0.15) is 18.4 Å². The van der Waals surface area contributed by atoms with Gasteiger partial charge in [-0.15, -0.1) is 0 Å². The molecule has 0 N–H and O–H groups in total. The molecule has 3 aromatic heterocycles. The van der Waals surface area contributed by atoms with Gasteiger partial charge in [0.25, 0.3) is 0 Å². The molecule has 1 aliphatic rings. The van der Waals surface area contributed by atoms with E-state index in [4.69, 9.17) is 4.98 Å². The molecular formula is C21H20N6. The lowest BCUT2D eigenvalue weighted by Gasteiger charge is -2.15. The Morgan fingerprint density at radius 2 is 1.63 bits per heavy atom. The number of aromatic nitrogens is 5. The van der Waals surface area contributed by atoms with Gasteiger partial charge in [-0.1, -0.05) is 17.7 Å². The molecule has 0 unspecified atom stereocenters. The third-order valence-corrected chi connectivity index (χ3v) is 5.03. The van der Waals surface area contributed by atoms with Crippen molar-refractivity contribution >= 4 is 17.0 Å². The van der Waals surface area contributed by atoms with Gasteiger partial charge in [-0.25, -0.2) is 15.0 Å². The Morgan fingerprint density at radius 3 is 2.37 bits per heavy atom. The molecule has 1 saturated heterocycles. The van der Waals surface area contributed by atoms with E-state index in [1.165, 1.54) is 18.4 Å². The van der Waals surface area contributed by atoms with Crippen LogP contribution in [0, 0.1) is 6.92 Å². The summed E-state index contributed by atoms with van der Waals surface area (Å²) >= 11 is 0. The van der Waals surface area contributed by atoms with Crippen LogP contribution in [0.3, 0.4) is 0 Å². The van der Waals surface area contributed by atoms with Gasteiger partial charge in [0, 0.05) is 37.4 Å². The summed E-state index contributed by atoms with van der Waals surface area (Å²) in [5.74, 6) is 1.63. The van der Waals surface area contributed by atoms with Crippen molar-refractivity contribution in [2.45, 2.75) is 19.8 Å². The van der Waals surface area contributed by atoms with E-state index in [9.17, 15) is 0 Å². The SMILES string of the molecule is Cc1ccc(-n2c(-c3cnc(N4CCCC4)nc3)nc3ccncc32)cc1. The number of benzene rings is 1. The Balaban J connectivity index is 1.64. The maximum atomic E-state index is 4.84. The molecule has 1 aromatic carbocycles. The highest BCUT2D eigenvalue weighted by molar-refractivity contribution is 5.82. The van der Waals surface area contributed by atoms with Crippen molar-refractivity contribution in [1.82, 2.24) is 24.5 Å². The van der Waals surface area contributed by atoms with Crippen molar-refractivity contribution in [2.24, 2.45) is 0 Å². The molecule has 0 atom stereocenters. The van der Waals surface area contributed by atoms with Gasteiger partial charge < -0.3 is 4.90 Å². The molecule has 6 nitrogen and oxygen atoms in total. The van der Waals surface area contributed by atoms with Gasteiger partial charge in [0.05, 0.1) is 22.8 Å². The van der Waals surface area contributed by atoms with Gasteiger partial charge >= 0.3 is 0 Å². The van der Waals surface area contributed by atoms with E-state index < -0.39 is 0 Å². The van der Waals surface area contributed by atoms with Crippen LogP contribution in [-0.2, 0) is 0 Å². The van der Waals surface area contributed by atoms with Crippen LogP contribution >= 0.6 is 0 Å². The first-order valence-electron chi connectivity index (χ1n) is 9.26. The molecule has 6 heteroatoms. The van der Waals surface area contributed by atoms with E-state index in [0.29, 0.717) is 0 Å². The van der Waals surface area contributed by atoms with Gasteiger partial charge in [0.1, 0.15) is 5.82 Å². The molecule has 1 fully saturated rings. The van der Waals surface area contributed by atoms with Crippen LogP contribution in [0.25, 0.3) is 28.1 Å². The summed E-state index contributed by atoms with van der Waals surface area (Å²) in [5.41, 5.74) is 5.05. The number of imidazole rings is 1. The first-order valence-corrected chi connectivity index (χ1v) is 9.26. The first kappa shape index (κ1) is 15.9. The van der Waals surface area contributed by atoms with Crippen molar-refractivity contribution in [1.29, 1.82) is 0 Å². The molecule has 0 saturated carbocycles. The molecule has 0 amide bonds. The number of hydrogen-bond acceptors (Lipinski definition) is 5. The number of pyridine rings is 1. The van der Waals surface area contributed by atoms with E-state index in [1.54, 1.807) is 6.20 Å². The Morgan fingerprint density at radius 1 is 0.889 bits per heavy atom. The van der Waals surface area contributed by atoms with Gasteiger partial charge in [-0.2, -0.15) is 0 Å². The zero-order valence-corrected chi connectivity index (χ0v) is 15.2. The fraction of sp³-hybridized carbons (Fsp3) is 0.238. The minimum absolute atomic E-state index is 0.802. The lowest BCUT2D eigenvalue weighted by Crippen LogP contribution is -2.20.